The summed E-state index contributed by atoms with van der Waals surface area (Å²) in [5.74, 6) is 0. The van der Waals surface area contributed by atoms with Crippen molar-refractivity contribution in [2.24, 2.45) is 0 Å². The van der Waals surface area contributed by atoms with Gasteiger partial charge in [0.2, 0.25) is 0 Å². The number of aliphatic hydroxyl groups is 1. The highest BCUT2D eigenvalue weighted by Crippen LogP contribution is 2.01. The van der Waals surface area contributed by atoms with Crippen LogP contribution in [0.25, 0.3) is 0 Å². The molecule has 8 heavy (non-hydrogen) atoms. The number of hydrazine groups is 1. The average Bonchev–Trinajstić information content (AvgIpc) is 1.77. The number of hydrogen-bond acceptors (Lipinski definition) is 4. The average molecular weight is 134 g/mol. The van der Waals surface area contributed by atoms with Crippen molar-refractivity contribution in [3.63, 3.8) is 0 Å². The van der Waals surface area contributed by atoms with Crippen molar-refractivity contribution in [2.45, 2.75) is 11.4 Å². The zero-order chi connectivity index (χ0) is 5.98. The molecule has 0 bridgehead atoms. The van der Waals surface area contributed by atoms with Crippen molar-refractivity contribution in [1.82, 2.24) is 10.9 Å². The lowest BCUT2D eigenvalue weighted by Crippen LogP contribution is -2.52. The number of β-amino-alcohol motifs (C(OH)–C–C–N with tert-alkyl or cyclic N) is 1. The van der Waals surface area contributed by atoms with Gasteiger partial charge in [0, 0.05) is 18.3 Å². The van der Waals surface area contributed by atoms with E-state index in [2.05, 4.69) is 23.5 Å². The maximum absolute atomic E-state index is 9.00. The van der Waals surface area contributed by atoms with Crippen molar-refractivity contribution in [2.75, 3.05) is 13.1 Å². The zero-order valence-electron chi connectivity index (χ0n) is 4.46. The highest BCUT2D eigenvalue weighted by Gasteiger charge is 2.17. The number of nitrogens with one attached hydrogen (secondary N) is 2. The molecule has 0 aliphatic carbocycles. The molecule has 1 rings (SSSR count). The van der Waals surface area contributed by atoms with Gasteiger partial charge in [-0.15, -0.1) is 0 Å². The van der Waals surface area contributed by atoms with Crippen LogP contribution in [-0.4, -0.2) is 29.5 Å². The Morgan fingerprint density at radius 1 is 1.38 bits per heavy atom. The van der Waals surface area contributed by atoms with Crippen molar-refractivity contribution < 1.29 is 5.11 Å². The SMILES string of the molecule is OC1CNNCC1S. The van der Waals surface area contributed by atoms with Gasteiger partial charge in [-0.1, -0.05) is 0 Å². The molecular weight excluding hydrogens is 124 g/mol. The minimum absolute atomic E-state index is 0.0799. The smallest absolute Gasteiger partial charge is 0.0807 e. The highest BCUT2D eigenvalue weighted by molar-refractivity contribution is 7.81. The van der Waals surface area contributed by atoms with E-state index in [0.29, 0.717) is 6.54 Å². The van der Waals surface area contributed by atoms with E-state index >= 15 is 0 Å². The Bertz CT molecular complexity index is 70.4. The van der Waals surface area contributed by atoms with Gasteiger partial charge in [-0.2, -0.15) is 12.6 Å². The Labute approximate surface area is 53.8 Å². The molecule has 2 atom stereocenters. The Hall–Kier alpha value is 0.230. The van der Waals surface area contributed by atoms with Crippen LogP contribution in [0.5, 0.6) is 0 Å². The third-order valence-corrected chi connectivity index (χ3v) is 1.72. The molecule has 3 N–H and O–H groups in total. The molecule has 1 saturated heterocycles. The molecular formula is C4H10N2OS. The van der Waals surface area contributed by atoms with Gasteiger partial charge >= 0.3 is 0 Å². The fourth-order valence-electron chi connectivity index (χ4n) is 0.626. The molecule has 0 radical (unpaired) electrons. The number of aliphatic hydroxyl groups excluding tert-OH is 1. The van der Waals surface area contributed by atoms with Crippen LogP contribution in [0.1, 0.15) is 0 Å². The predicted octanol–water partition coefficient (Wildman–Crippen LogP) is -1.25. The summed E-state index contributed by atoms with van der Waals surface area (Å²) < 4.78 is 0. The number of hydrogen-bond donors (Lipinski definition) is 4. The van der Waals surface area contributed by atoms with Crippen LogP contribution in [0, 0.1) is 0 Å². The summed E-state index contributed by atoms with van der Waals surface area (Å²) in [5.41, 5.74) is 5.69. The van der Waals surface area contributed by atoms with Crippen LogP contribution < -0.4 is 10.9 Å². The standard InChI is InChI=1S/C4H10N2OS/c7-3-1-5-6-2-4(3)8/h3-8H,1-2H2. The molecule has 1 heterocycles. The van der Waals surface area contributed by atoms with Gasteiger partial charge in [-0.3, -0.25) is 10.9 Å². The molecule has 1 fully saturated rings. The van der Waals surface area contributed by atoms with Gasteiger partial charge < -0.3 is 5.11 Å². The molecule has 48 valence electrons. The van der Waals surface area contributed by atoms with Gasteiger partial charge in [0.05, 0.1) is 6.10 Å². The van der Waals surface area contributed by atoms with E-state index in [1.807, 2.05) is 0 Å². The van der Waals surface area contributed by atoms with Crippen LogP contribution in [0.15, 0.2) is 0 Å². The van der Waals surface area contributed by atoms with E-state index < -0.39 is 0 Å². The van der Waals surface area contributed by atoms with Gasteiger partial charge in [-0.25, -0.2) is 0 Å². The van der Waals surface area contributed by atoms with Gasteiger partial charge in [-0.05, 0) is 0 Å². The first-order valence-electron chi connectivity index (χ1n) is 2.62. The molecule has 2 unspecified atom stereocenters. The summed E-state index contributed by atoms with van der Waals surface area (Å²) in [6.07, 6.45) is -0.306. The molecule has 0 saturated carbocycles. The van der Waals surface area contributed by atoms with E-state index in [4.69, 9.17) is 5.11 Å². The second-order valence-corrected chi connectivity index (χ2v) is 2.56. The summed E-state index contributed by atoms with van der Waals surface area (Å²) >= 11 is 4.10. The molecule has 0 aromatic rings. The van der Waals surface area contributed by atoms with Gasteiger partial charge in [0.1, 0.15) is 0 Å². The quantitative estimate of drug-likeness (QED) is 0.313. The van der Waals surface area contributed by atoms with Crippen molar-refractivity contribution in [3.8, 4) is 0 Å². The third kappa shape index (κ3) is 1.35. The second kappa shape index (κ2) is 2.68. The fourth-order valence-corrected chi connectivity index (χ4v) is 0.822. The molecule has 1 aliphatic rings. The minimum Gasteiger partial charge on any atom is -0.391 e. The van der Waals surface area contributed by atoms with Crippen molar-refractivity contribution in [1.29, 1.82) is 0 Å². The molecule has 0 amide bonds. The predicted molar refractivity (Wildman–Crippen MR) is 34.8 cm³/mol. The van der Waals surface area contributed by atoms with E-state index in [1.165, 1.54) is 0 Å². The second-order valence-electron chi connectivity index (χ2n) is 1.90. The lowest BCUT2D eigenvalue weighted by Gasteiger charge is -2.24. The van der Waals surface area contributed by atoms with Gasteiger partial charge in [0.15, 0.2) is 0 Å². The van der Waals surface area contributed by atoms with E-state index in [1.54, 1.807) is 0 Å². The zero-order valence-corrected chi connectivity index (χ0v) is 5.36. The summed E-state index contributed by atoms with van der Waals surface area (Å²) in [7, 11) is 0. The Kier molecular flexibility index (Phi) is 2.13. The van der Waals surface area contributed by atoms with Crippen LogP contribution in [0.2, 0.25) is 0 Å². The van der Waals surface area contributed by atoms with Crippen LogP contribution in [0.3, 0.4) is 0 Å². The summed E-state index contributed by atoms with van der Waals surface area (Å²) in [4.78, 5) is 0. The summed E-state index contributed by atoms with van der Waals surface area (Å²) in [5, 5.41) is 9.08. The third-order valence-electron chi connectivity index (χ3n) is 1.19. The van der Waals surface area contributed by atoms with Crippen LogP contribution >= 0.6 is 12.6 Å². The first-order valence-corrected chi connectivity index (χ1v) is 3.14. The first kappa shape index (κ1) is 6.35. The summed E-state index contributed by atoms with van der Waals surface area (Å²) in [6.45, 7) is 1.32. The van der Waals surface area contributed by atoms with Crippen LogP contribution in [0.4, 0.5) is 0 Å². The maximum atomic E-state index is 9.00. The van der Waals surface area contributed by atoms with Crippen molar-refractivity contribution in [3.05, 3.63) is 0 Å². The molecule has 0 aromatic heterocycles. The molecule has 0 aromatic carbocycles. The lowest BCUT2D eigenvalue weighted by atomic mass is 10.2. The van der Waals surface area contributed by atoms with E-state index in [9.17, 15) is 0 Å². The maximum Gasteiger partial charge on any atom is 0.0807 e. The van der Waals surface area contributed by atoms with Crippen LogP contribution in [-0.2, 0) is 0 Å². The highest BCUT2D eigenvalue weighted by atomic mass is 32.1. The summed E-state index contributed by atoms with van der Waals surface area (Å²) in [6, 6.07) is 0. The molecule has 0 spiro atoms. The topological polar surface area (TPSA) is 44.3 Å². The Morgan fingerprint density at radius 2 is 2.00 bits per heavy atom. The van der Waals surface area contributed by atoms with E-state index in [0.717, 1.165) is 6.54 Å². The minimum atomic E-state index is -0.306. The van der Waals surface area contributed by atoms with Gasteiger partial charge in [0.25, 0.3) is 0 Å². The van der Waals surface area contributed by atoms with Crippen molar-refractivity contribution >= 4 is 12.6 Å². The Morgan fingerprint density at radius 3 is 2.38 bits per heavy atom. The number of rotatable bonds is 0. The Balaban J connectivity index is 2.28. The molecule has 3 nitrogen and oxygen atoms in total. The normalized spacial score (nSPS) is 39.8. The first-order chi connectivity index (χ1) is 3.80. The largest absolute Gasteiger partial charge is 0.391 e. The molecule has 4 heteroatoms. The monoisotopic (exact) mass is 134 g/mol. The molecule has 1 aliphatic heterocycles. The fraction of sp³-hybridized carbons (Fsp3) is 1.00. The lowest BCUT2D eigenvalue weighted by molar-refractivity contribution is 0.140. The van der Waals surface area contributed by atoms with E-state index in [-0.39, 0.29) is 11.4 Å². The number of thiol groups is 1.